The predicted octanol–water partition coefficient (Wildman–Crippen LogP) is 2.12. The first-order valence-electron chi connectivity index (χ1n) is 7.31. The van der Waals surface area contributed by atoms with Crippen LogP contribution in [0.1, 0.15) is 31.4 Å². The quantitative estimate of drug-likeness (QED) is 0.747. The van der Waals surface area contributed by atoms with Crippen LogP contribution in [0, 0.1) is 12.3 Å². The fourth-order valence-electron chi connectivity index (χ4n) is 2.10. The Hall–Kier alpha value is -2.42. The Labute approximate surface area is 131 Å². The van der Waals surface area contributed by atoms with Crippen molar-refractivity contribution in [1.29, 1.82) is 0 Å². The molecule has 1 amide bonds. The minimum absolute atomic E-state index is 0.0190. The third-order valence-electron chi connectivity index (χ3n) is 3.59. The van der Waals surface area contributed by atoms with E-state index in [1.807, 2.05) is 31.1 Å². The number of rotatable bonds is 8. The number of amides is 1. The zero-order chi connectivity index (χ0) is 16.0. The van der Waals surface area contributed by atoms with Crippen molar-refractivity contribution in [2.45, 2.75) is 37.9 Å². The van der Waals surface area contributed by atoms with Crippen molar-refractivity contribution in [1.82, 2.24) is 10.3 Å². The van der Waals surface area contributed by atoms with Crippen LogP contribution >= 0.6 is 0 Å². The Kier molecular flexibility index (Phi) is 5.10. The van der Waals surface area contributed by atoms with Crippen LogP contribution < -0.4 is 10.2 Å². The van der Waals surface area contributed by atoms with Gasteiger partial charge in [-0.1, -0.05) is 0 Å². The molecule has 2 rings (SSSR count). The van der Waals surface area contributed by atoms with E-state index >= 15 is 0 Å². The molecule has 1 aromatic rings. The van der Waals surface area contributed by atoms with Gasteiger partial charge < -0.3 is 10.2 Å². The molecule has 0 radical (unpaired) electrons. The first-order valence-corrected chi connectivity index (χ1v) is 7.31. The second-order valence-corrected chi connectivity index (χ2v) is 5.56. The maximum Gasteiger partial charge on any atom is 0.220 e. The van der Waals surface area contributed by atoms with E-state index < -0.39 is 5.66 Å². The highest BCUT2D eigenvalue weighted by atomic mass is 16.1. The summed E-state index contributed by atoms with van der Waals surface area (Å²) in [5.41, 5.74) is 1.50. The molecule has 0 spiro atoms. The highest BCUT2D eigenvalue weighted by molar-refractivity contribution is 5.76. The Bertz CT molecular complexity index is 597. The summed E-state index contributed by atoms with van der Waals surface area (Å²) in [7, 11) is 3.94. The summed E-state index contributed by atoms with van der Waals surface area (Å²) < 4.78 is 0. The van der Waals surface area contributed by atoms with Crippen LogP contribution in [-0.2, 0) is 11.3 Å². The summed E-state index contributed by atoms with van der Waals surface area (Å²) in [5, 5.41) is 10.9. The molecule has 0 atom stereocenters. The summed E-state index contributed by atoms with van der Waals surface area (Å²) >= 11 is 0. The SMILES string of the molecule is C#CCCC1(CCC(=O)NCc2cc(N(C)C)ccn2)N=N1. The van der Waals surface area contributed by atoms with E-state index in [9.17, 15) is 4.79 Å². The van der Waals surface area contributed by atoms with E-state index in [0.717, 1.165) is 17.8 Å². The van der Waals surface area contributed by atoms with E-state index in [0.29, 0.717) is 25.8 Å². The Morgan fingerprint density at radius 3 is 2.82 bits per heavy atom. The molecule has 0 saturated heterocycles. The van der Waals surface area contributed by atoms with Gasteiger partial charge in [0.25, 0.3) is 0 Å². The number of hydrogen-bond donors (Lipinski definition) is 1. The highest BCUT2D eigenvalue weighted by Gasteiger charge is 2.39. The predicted molar refractivity (Wildman–Crippen MR) is 85.3 cm³/mol. The number of nitrogens with one attached hydrogen (secondary N) is 1. The van der Waals surface area contributed by atoms with Gasteiger partial charge >= 0.3 is 0 Å². The van der Waals surface area contributed by atoms with Gasteiger partial charge in [-0.15, -0.1) is 12.3 Å². The number of carbonyl (C=O) groups is 1. The molecule has 0 bridgehead atoms. The average molecular weight is 299 g/mol. The van der Waals surface area contributed by atoms with Crippen LogP contribution in [0.25, 0.3) is 0 Å². The van der Waals surface area contributed by atoms with Gasteiger partial charge in [0.05, 0.1) is 12.2 Å². The smallest absolute Gasteiger partial charge is 0.220 e. The van der Waals surface area contributed by atoms with Gasteiger partial charge in [-0.05, 0) is 12.1 Å². The number of aromatic nitrogens is 1. The monoisotopic (exact) mass is 299 g/mol. The van der Waals surface area contributed by atoms with Gasteiger partial charge in [-0.25, -0.2) is 0 Å². The summed E-state index contributed by atoms with van der Waals surface area (Å²) in [6.45, 7) is 0.423. The summed E-state index contributed by atoms with van der Waals surface area (Å²) in [4.78, 5) is 18.2. The number of anilines is 1. The summed E-state index contributed by atoms with van der Waals surface area (Å²) in [6.07, 6.45) is 9.36. The van der Waals surface area contributed by atoms with Gasteiger partial charge in [0.2, 0.25) is 5.91 Å². The topological polar surface area (TPSA) is 70.0 Å². The fourth-order valence-corrected chi connectivity index (χ4v) is 2.10. The van der Waals surface area contributed by atoms with Crippen LogP contribution in [0.3, 0.4) is 0 Å². The maximum atomic E-state index is 11.9. The lowest BCUT2D eigenvalue weighted by atomic mass is 10.0. The van der Waals surface area contributed by atoms with Crippen LogP contribution in [-0.4, -0.2) is 30.6 Å². The van der Waals surface area contributed by atoms with E-state index in [1.165, 1.54) is 0 Å². The van der Waals surface area contributed by atoms with Crippen LogP contribution in [0.4, 0.5) is 5.69 Å². The largest absolute Gasteiger partial charge is 0.378 e. The number of terminal acetylenes is 1. The van der Waals surface area contributed by atoms with Crippen molar-refractivity contribution in [3.05, 3.63) is 24.0 Å². The lowest BCUT2D eigenvalue weighted by Crippen LogP contribution is -2.25. The molecule has 0 aliphatic carbocycles. The molecule has 2 heterocycles. The minimum atomic E-state index is -0.396. The molecule has 1 aromatic heterocycles. The average Bonchev–Trinajstić information content (AvgIpc) is 3.30. The van der Waals surface area contributed by atoms with Gasteiger partial charge in [-0.3, -0.25) is 9.78 Å². The first kappa shape index (κ1) is 16.0. The molecule has 6 nitrogen and oxygen atoms in total. The van der Waals surface area contributed by atoms with Crippen LogP contribution in [0.5, 0.6) is 0 Å². The second-order valence-electron chi connectivity index (χ2n) is 5.56. The van der Waals surface area contributed by atoms with Crippen molar-refractivity contribution in [3.63, 3.8) is 0 Å². The van der Waals surface area contributed by atoms with E-state index in [4.69, 9.17) is 6.42 Å². The molecular formula is C16H21N5O. The minimum Gasteiger partial charge on any atom is -0.378 e. The number of hydrogen-bond acceptors (Lipinski definition) is 5. The van der Waals surface area contributed by atoms with Crippen molar-refractivity contribution in [2.75, 3.05) is 19.0 Å². The Morgan fingerprint density at radius 1 is 1.41 bits per heavy atom. The standard InChI is InChI=1S/C16H21N5O/c1-4-5-8-16(19-20-16)9-6-15(22)18-12-13-11-14(21(2)3)7-10-17-13/h1,7,10-11H,5-6,8-9,12H2,2-3H3,(H,18,22). The lowest BCUT2D eigenvalue weighted by molar-refractivity contribution is -0.121. The van der Waals surface area contributed by atoms with E-state index in [2.05, 4.69) is 26.4 Å². The molecule has 1 aliphatic heterocycles. The van der Waals surface area contributed by atoms with E-state index in [-0.39, 0.29) is 5.91 Å². The van der Waals surface area contributed by atoms with Crippen molar-refractivity contribution in [2.24, 2.45) is 10.2 Å². The van der Waals surface area contributed by atoms with Gasteiger partial charge in [0.15, 0.2) is 5.66 Å². The first-order chi connectivity index (χ1) is 10.5. The molecule has 22 heavy (non-hydrogen) atoms. The fraction of sp³-hybridized carbons (Fsp3) is 0.500. The number of nitrogens with zero attached hydrogens (tertiary/aromatic N) is 4. The normalized spacial score (nSPS) is 14.2. The molecule has 0 saturated carbocycles. The number of pyridine rings is 1. The molecule has 116 valence electrons. The third-order valence-corrected chi connectivity index (χ3v) is 3.59. The Balaban J connectivity index is 1.74. The zero-order valence-corrected chi connectivity index (χ0v) is 13.0. The Morgan fingerprint density at radius 2 is 2.18 bits per heavy atom. The second kappa shape index (κ2) is 7.03. The molecular weight excluding hydrogens is 278 g/mol. The van der Waals surface area contributed by atoms with Crippen LogP contribution in [0.2, 0.25) is 0 Å². The summed E-state index contributed by atoms with van der Waals surface area (Å²) in [5.74, 6) is 2.56. The highest BCUT2D eigenvalue weighted by Crippen LogP contribution is 2.37. The van der Waals surface area contributed by atoms with Gasteiger partial charge in [0, 0.05) is 51.7 Å². The molecule has 0 unspecified atom stereocenters. The van der Waals surface area contributed by atoms with Gasteiger partial charge in [-0.2, -0.15) is 10.2 Å². The lowest BCUT2D eigenvalue weighted by Gasteiger charge is -2.13. The zero-order valence-electron chi connectivity index (χ0n) is 13.0. The molecule has 6 heteroatoms. The maximum absolute atomic E-state index is 11.9. The molecule has 1 N–H and O–H groups in total. The van der Waals surface area contributed by atoms with Crippen molar-refractivity contribution in [3.8, 4) is 12.3 Å². The van der Waals surface area contributed by atoms with Crippen molar-refractivity contribution < 1.29 is 4.79 Å². The van der Waals surface area contributed by atoms with Crippen LogP contribution in [0.15, 0.2) is 28.6 Å². The summed E-state index contributed by atoms with van der Waals surface area (Å²) in [6, 6.07) is 3.89. The molecule has 1 aliphatic rings. The van der Waals surface area contributed by atoms with Gasteiger partial charge in [0.1, 0.15) is 0 Å². The molecule has 0 aromatic carbocycles. The number of carbonyl (C=O) groups excluding carboxylic acids is 1. The van der Waals surface area contributed by atoms with E-state index in [1.54, 1.807) is 6.20 Å². The van der Waals surface area contributed by atoms with Crippen molar-refractivity contribution >= 4 is 11.6 Å². The third kappa shape index (κ3) is 4.55. The molecule has 0 fully saturated rings.